The molecule has 3 nitrogen and oxygen atoms in total. The molecule has 3 saturated heterocycles. The van der Waals surface area contributed by atoms with Crippen LogP contribution in [-0.4, -0.2) is 31.1 Å². The lowest BCUT2D eigenvalue weighted by Crippen LogP contribution is -2.46. The molecule has 0 spiro atoms. The highest BCUT2D eigenvalue weighted by atomic mass is 16.5. The van der Waals surface area contributed by atoms with Crippen molar-refractivity contribution in [1.82, 2.24) is 5.32 Å². The van der Waals surface area contributed by atoms with Crippen LogP contribution < -0.4 is 5.32 Å². The van der Waals surface area contributed by atoms with Gasteiger partial charge in [-0.25, -0.2) is 0 Å². The van der Waals surface area contributed by atoms with Crippen LogP contribution in [0.4, 0.5) is 0 Å². The molecule has 3 unspecified atom stereocenters. The van der Waals surface area contributed by atoms with Crippen LogP contribution in [0.2, 0.25) is 0 Å². The van der Waals surface area contributed by atoms with Crippen molar-refractivity contribution in [3.63, 3.8) is 0 Å². The first-order valence-corrected chi connectivity index (χ1v) is 8.82. The van der Waals surface area contributed by atoms with Gasteiger partial charge in [0.15, 0.2) is 0 Å². The van der Waals surface area contributed by atoms with E-state index < -0.39 is 0 Å². The second kappa shape index (κ2) is 7.73. The number of unbranched alkanes of at least 4 members (excludes halogenated alkanes) is 1. The van der Waals surface area contributed by atoms with Gasteiger partial charge in [0.25, 0.3) is 0 Å². The van der Waals surface area contributed by atoms with Crippen LogP contribution in [0.25, 0.3) is 0 Å². The highest BCUT2D eigenvalue weighted by Crippen LogP contribution is 2.26. The lowest BCUT2D eigenvalue weighted by atomic mass is 9.86. The number of ether oxygens (including phenoxy) is 1. The molecule has 0 aromatic rings. The van der Waals surface area contributed by atoms with Gasteiger partial charge in [-0.3, -0.25) is 4.79 Å². The van der Waals surface area contributed by atoms with Gasteiger partial charge in [-0.1, -0.05) is 33.6 Å². The zero-order valence-electron chi connectivity index (χ0n) is 14.1. The maximum atomic E-state index is 12.5. The van der Waals surface area contributed by atoms with Gasteiger partial charge < -0.3 is 10.1 Å². The van der Waals surface area contributed by atoms with Crippen molar-refractivity contribution in [2.45, 2.75) is 84.3 Å². The second-order valence-electron chi connectivity index (χ2n) is 8.16. The second-order valence-corrected chi connectivity index (χ2v) is 8.16. The Morgan fingerprint density at radius 2 is 2.05 bits per heavy atom. The quantitative estimate of drug-likeness (QED) is 0.786. The Morgan fingerprint density at radius 1 is 1.24 bits per heavy atom. The molecular weight excluding hydrogens is 262 g/mol. The standard InChI is InChI=1S/C18H33NO2/c1-18(2,3)10-5-4-9-17(20)14-7-6-8-16-12-19-15(11-14)13-21-16/h14-16,19H,4-13H2,1-3H3. The summed E-state index contributed by atoms with van der Waals surface area (Å²) in [6.07, 6.45) is 8.88. The van der Waals surface area contributed by atoms with E-state index in [0.29, 0.717) is 23.3 Å². The summed E-state index contributed by atoms with van der Waals surface area (Å²) in [5.74, 6) is 0.758. The largest absolute Gasteiger partial charge is 0.375 e. The molecule has 0 aromatic heterocycles. The van der Waals surface area contributed by atoms with E-state index in [1.54, 1.807) is 0 Å². The maximum absolute atomic E-state index is 12.5. The first-order valence-electron chi connectivity index (χ1n) is 8.82. The maximum Gasteiger partial charge on any atom is 0.136 e. The minimum absolute atomic E-state index is 0.262. The van der Waals surface area contributed by atoms with E-state index in [1.165, 1.54) is 12.8 Å². The Hall–Kier alpha value is -0.410. The summed E-state index contributed by atoms with van der Waals surface area (Å²) in [5.41, 5.74) is 0.390. The zero-order valence-corrected chi connectivity index (χ0v) is 14.1. The van der Waals surface area contributed by atoms with Gasteiger partial charge in [-0.15, -0.1) is 0 Å². The van der Waals surface area contributed by atoms with Crippen LogP contribution in [0.1, 0.15) is 72.1 Å². The summed E-state index contributed by atoms with van der Waals surface area (Å²) in [6.45, 7) is 8.58. The molecular formula is C18H33NO2. The van der Waals surface area contributed by atoms with Crippen molar-refractivity contribution < 1.29 is 9.53 Å². The third kappa shape index (κ3) is 6.07. The summed E-state index contributed by atoms with van der Waals surface area (Å²) in [5, 5.41) is 3.56. The van der Waals surface area contributed by atoms with E-state index in [0.717, 1.165) is 51.7 Å². The van der Waals surface area contributed by atoms with Gasteiger partial charge in [0.05, 0.1) is 12.7 Å². The first-order chi connectivity index (χ1) is 9.94. The molecule has 2 bridgehead atoms. The summed E-state index contributed by atoms with van der Waals surface area (Å²) in [6, 6.07) is 0.392. The van der Waals surface area contributed by atoms with Gasteiger partial charge in [-0.2, -0.15) is 0 Å². The van der Waals surface area contributed by atoms with E-state index >= 15 is 0 Å². The summed E-state index contributed by atoms with van der Waals surface area (Å²) in [4.78, 5) is 12.5. The van der Waals surface area contributed by atoms with Crippen molar-refractivity contribution >= 4 is 5.78 Å². The molecule has 122 valence electrons. The number of fused-ring (bicyclic) bond motifs is 6. The highest BCUT2D eigenvalue weighted by Gasteiger charge is 2.29. The molecule has 3 aliphatic heterocycles. The predicted molar refractivity (Wildman–Crippen MR) is 86.4 cm³/mol. The minimum atomic E-state index is 0.262. The average Bonchev–Trinajstić information content (AvgIpc) is 2.58. The lowest BCUT2D eigenvalue weighted by molar-refractivity contribution is -0.123. The van der Waals surface area contributed by atoms with Gasteiger partial charge in [0, 0.05) is 24.9 Å². The van der Waals surface area contributed by atoms with Crippen molar-refractivity contribution in [1.29, 1.82) is 0 Å². The van der Waals surface area contributed by atoms with Crippen molar-refractivity contribution in [3.8, 4) is 0 Å². The van der Waals surface area contributed by atoms with Gasteiger partial charge in [-0.05, 0) is 37.5 Å². The average molecular weight is 295 g/mol. The molecule has 0 radical (unpaired) electrons. The van der Waals surface area contributed by atoms with Crippen molar-refractivity contribution in [2.24, 2.45) is 11.3 Å². The number of hydrogen-bond acceptors (Lipinski definition) is 3. The topological polar surface area (TPSA) is 38.3 Å². The number of Topliss-reactive ketones (excluding diaryl/α,β-unsaturated/α-hetero) is 1. The summed E-state index contributed by atoms with van der Waals surface area (Å²) < 4.78 is 5.85. The number of morpholine rings is 1. The Labute approximate surface area is 130 Å². The molecule has 0 aromatic carbocycles. The van der Waals surface area contributed by atoms with Crippen LogP contribution in [0.15, 0.2) is 0 Å². The molecule has 3 rings (SSSR count). The smallest absolute Gasteiger partial charge is 0.136 e. The van der Waals surface area contributed by atoms with Crippen LogP contribution in [-0.2, 0) is 9.53 Å². The third-order valence-electron chi connectivity index (χ3n) is 4.87. The molecule has 3 heteroatoms. The van der Waals surface area contributed by atoms with Crippen LogP contribution >= 0.6 is 0 Å². The minimum Gasteiger partial charge on any atom is -0.375 e. The van der Waals surface area contributed by atoms with Gasteiger partial charge >= 0.3 is 0 Å². The fraction of sp³-hybridized carbons (Fsp3) is 0.944. The fourth-order valence-electron chi connectivity index (χ4n) is 3.51. The third-order valence-corrected chi connectivity index (χ3v) is 4.87. The molecule has 1 N–H and O–H groups in total. The van der Waals surface area contributed by atoms with Gasteiger partial charge in [0.2, 0.25) is 0 Å². The summed E-state index contributed by atoms with van der Waals surface area (Å²) >= 11 is 0. The number of carbonyl (C=O) groups excluding carboxylic acids is 1. The summed E-state index contributed by atoms with van der Waals surface area (Å²) in [7, 11) is 0. The molecule has 0 saturated carbocycles. The zero-order chi connectivity index (χ0) is 15.3. The Balaban J connectivity index is 1.75. The normalized spacial score (nSPS) is 30.5. The molecule has 0 amide bonds. The first kappa shape index (κ1) is 17.0. The van der Waals surface area contributed by atoms with Crippen molar-refractivity contribution in [2.75, 3.05) is 13.2 Å². The molecule has 21 heavy (non-hydrogen) atoms. The van der Waals surface area contributed by atoms with E-state index in [1.807, 2.05) is 0 Å². The molecule has 3 fully saturated rings. The van der Waals surface area contributed by atoms with E-state index in [2.05, 4.69) is 26.1 Å². The number of rotatable bonds is 5. The van der Waals surface area contributed by atoms with Crippen LogP contribution in [0.5, 0.6) is 0 Å². The van der Waals surface area contributed by atoms with E-state index in [9.17, 15) is 4.79 Å². The molecule has 3 atom stereocenters. The molecule has 0 aliphatic carbocycles. The number of carbonyl (C=O) groups is 1. The van der Waals surface area contributed by atoms with E-state index in [-0.39, 0.29) is 5.92 Å². The van der Waals surface area contributed by atoms with Crippen LogP contribution in [0, 0.1) is 11.3 Å². The molecule has 3 aliphatic rings. The Kier molecular flexibility index (Phi) is 6.24. The molecule has 3 heterocycles. The SMILES string of the molecule is CC(C)(C)CCCCC(=O)C1CCCC2CNC(CO2)C1. The number of hydrogen-bond donors (Lipinski definition) is 1. The highest BCUT2D eigenvalue weighted by molar-refractivity contribution is 5.81. The Bertz CT molecular complexity index is 327. The number of ketones is 1. The predicted octanol–water partition coefficient (Wildman–Crippen LogP) is 3.71. The Morgan fingerprint density at radius 3 is 2.71 bits per heavy atom. The van der Waals surface area contributed by atoms with Crippen LogP contribution in [0.3, 0.4) is 0 Å². The van der Waals surface area contributed by atoms with Gasteiger partial charge in [0.1, 0.15) is 5.78 Å². The van der Waals surface area contributed by atoms with E-state index in [4.69, 9.17) is 4.74 Å². The fourth-order valence-corrected chi connectivity index (χ4v) is 3.51. The number of nitrogens with one attached hydrogen (secondary N) is 1. The lowest BCUT2D eigenvalue weighted by Gasteiger charge is -2.30. The monoisotopic (exact) mass is 295 g/mol. The van der Waals surface area contributed by atoms with Crippen molar-refractivity contribution in [3.05, 3.63) is 0 Å².